The van der Waals surface area contributed by atoms with Gasteiger partial charge in [0.15, 0.2) is 0 Å². The van der Waals surface area contributed by atoms with Gasteiger partial charge in [0.1, 0.15) is 11.3 Å². The first-order valence-corrected chi connectivity index (χ1v) is 15.2. The highest BCUT2D eigenvalue weighted by Gasteiger charge is 2.33. The first-order valence-electron chi connectivity index (χ1n) is 14.3. The standard InChI is InChI=1S/C32H37N5O3S/c1-3-12-33-13-11-27(17-23-8-5-4-6-9-23)36-29(38)24-18-25(30-34-14-16-40-30)20-26(19-24)32(39)37-15-7-10-28(37)31-35-22(2)21-41-31/h4-6,8-9,14,16,18-21,27-28,33H,3,7,10-13,15,17H2,1-2H3,(H,36,38). The number of aromatic nitrogens is 2. The summed E-state index contributed by atoms with van der Waals surface area (Å²) in [5, 5.41) is 9.65. The molecule has 214 valence electrons. The van der Waals surface area contributed by atoms with Crippen molar-refractivity contribution in [3.05, 3.63) is 93.8 Å². The quantitative estimate of drug-likeness (QED) is 0.208. The molecular weight excluding hydrogens is 534 g/mol. The molecule has 2 aromatic carbocycles. The van der Waals surface area contributed by atoms with Crippen molar-refractivity contribution < 1.29 is 14.0 Å². The van der Waals surface area contributed by atoms with Gasteiger partial charge in [-0.3, -0.25) is 9.59 Å². The number of thiazole rings is 1. The third-order valence-electron chi connectivity index (χ3n) is 7.31. The van der Waals surface area contributed by atoms with Gasteiger partial charge in [0.2, 0.25) is 5.89 Å². The molecule has 0 aliphatic carbocycles. The van der Waals surface area contributed by atoms with E-state index in [4.69, 9.17) is 4.42 Å². The number of carbonyl (C=O) groups is 2. The maximum Gasteiger partial charge on any atom is 0.254 e. The molecular formula is C32H37N5O3S. The zero-order valence-corrected chi connectivity index (χ0v) is 24.5. The van der Waals surface area contributed by atoms with E-state index in [1.54, 1.807) is 35.7 Å². The summed E-state index contributed by atoms with van der Waals surface area (Å²) >= 11 is 1.59. The molecule has 5 rings (SSSR count). The predicted molar refractivity (Wildman–Crippen MR) is 161 cm³/mol. The fraction of sp³-hybridized carbons (Fsp3) is 0.375. The van der Waals surface area contributed by atoms with Gasteiger partial charge in [-0.25, -0.2) is 9.97 Å². The third-order valence-corrected chi connectivity index (χ3v) is 8.38. The van der Waals surface area contributed by atoms with Crippen molar-refractivity contribution in [1.82, 2.24) is 25.5 Å². The number of likely N-dealkylation sites (tertiary alicyclic amines) is 1. The molecule has 4 aromatic rings. The number of amides is 2. The van der Waals surface area contributed by atoms with E-state index in [9.17, 15) is 9.59 Å². The van der Waals surface area contributed by atoms with E-state index in [0.717, 1.165) is 55.0 Å². The number of hydrogen-bond donors (Lipinski definition) is 2. The Labute approximate surface area is 245 Å². The van der Waals surface area contributed by atoms with E-state index in [2.05, 4.69) is 39.7 Å². The Kier molecular flexibility index (Phi) is 9.59. The summed E-state index contributed by atoms with van der Waals surface area (Å²) in [6, 6.07) is 15.3. The first kappa shape index (κ1) is 28.7. The number of rotatable bonds is 12. The van der Waals surface area contributed by atoms with Crippen molar-refractivity contribution in [3.63, 3.8) is 0 Å². The van der Waals surface area contributed by atoms with Crippen molar-refractivity contribution in [2.24, 2.45) is 0 Å². The number of hydrogen-bond acceptors (Lipinski definition) is 7. The number of nitrogens with zero attached hydrogens (tertiary/aromatic N) is 3. The normalized spacial score (nSPS) is 15.7. The summed E-state index contributed by atoms with van der Waals surface area (Å²) in [5.74, 6) is 0.0247. The smallest absolute Gasteiger partial charge is 0.254 e. The highest BCUT2D eigenvalue weighted by molar-refractivity contribution is 7.09. The molecule has 3 heterocycles. The molecule has 1 saturated heterocycles. The minimum absolute atomic E-state index is 0.0604. The van der Waals surface area contributed by atoms with Crippen LogP contribution in [0.4, 0.5) is 0 Å². The summed E-state index contributed by atoms with van der Waals surface area (Å²) in [7, 11) is 0. The fourth-order valence-electron chi connectivity index (χ4n) is 5.30. The zero-order valence-electron chi connectivity index (χ0n) is 23.6. The van der Waals surface area contributed by atoms with E-state index in [-0.39, 0.29) is 23.9 Å². The number of benzene rings is 2. The van der Waals surface area contributed by atoms with Crippen LogP contribution in [0.1, 0.15) is 75.6 Å². The van der Waals surface area contributed by atoms with Crippen LogP contribution in [0.2, 0.25) is 0 Å². The lowest BCUT2D eigenvalue weighted by molar-refractivity contribution is 0.0735. The predicted octanol–water partition coefficient (Wildman–Crippen LogP) is 5.81. The molecule has 9 heteroatoms. The summed E-state index contributed by atoms with van der Waals surface area (Å²) in [4.78, 5) is 38.5. The largest absolute Gasteiger partial charge is 0.445 e. The molecule has 41 heavy (non-hydrogen) atoms. The van der Waals surface area contributed by atoms with Crippen molar-refractivity contribution >= 4 is 23.2 Å². The molecule has 2 N–H and O–H groups in total. The van der Waals surface area contributed by atoms with Crippen LogP contribution in [0.5, 0.6) is 0 Å². The molecule has 0 bridgehead atoms. The molecule has 0 saturated carbocycles. The van der Waals surface area contributed by atoms with Crippen LogP contribution >= 0.6 is 11.3 Å². The van der Waals surface area contributed by atoms with E-state index in [1.807, 2.05) is 35.4 Å². The average Bonchev–Trinajstić information content (AvgIpc) is 3.77. The molecule has 1 fully saturated rings. The van der Waals surface area contributed by atoms with E-state index in [0.29, 0.717) is 35.5 Å². The van der Waals surface area contributed by atoms with Gasteiger partial charge in [-0.05, 0) is 75.9 Å². The Bertz CT molecular complexity index is 1440. The zero-order chi connectivity index (χ0) is 28.6. The van der Waals surface area contributed by atoms with Gasteiger partial charge in [0.25, 0.3) is 11.8 Å². The average molecular weight is 572 g/mol. The Morgan fingerprint density at radius 2 is 1.98 bits per heavy atom. The minimum atomic E-state index is -0.225. The molecule has 0 radical (unpaired) electrons. The lowest BCUT2D eigenvalue weighted by Gasteiger charge is -2.24. The van der Waals surface area contributed by atoms with Crippen LogP contribution < -0.4 is 10.6 Å². The van der Waals surface area contributed by atoms with Gasteiger partial charge in [-0.15, -0.1) is 11.3 Å². The Balaban J connectivity index is 1.41. The Hall–Kier alpha value is -3.82. The second kappa shape index (κ2) is 13.7. The van der Waals surface area contributed by atoms with Crippen molar-refractivity contribution in [3.8, 4) is 11.5 Å². The van der Waals surface area contributed by atoms with Crippen molar-refractivity contribution in [1.29, 1.82) is 0 Å². The molecule has 1 aliphatic heterocycles. The first-order chi connectivity index (χ1) is 20.0. The monoisotopic (exact) mass is 571 g/mol. The second-order valence-electron chi connectivity index (χ2n) is 10.5. The SMILES string of the molecule is CCCNCCC(Cc1ccccc1)NC(=O)c1cc(C(=O)N2CCCC2c2nc(C)cs2)cc(-c2ncco2)c1. The third kappa shape index (κ3) is 7.28. The van der Waals surface area contributed by atoms with Crippen LogP contribution in [-0.4, -0.2) is 52.4 Å². The lowest BCUT2D eigenvalue weighted by atomic mass is 10.0. The van der Waals surface area contributed by atoms with Crippen molar-refractivity contribution in [2.75, 3.05) is 19.6 Å². The van der Waals surface area contributed by atoms with Crippen molar-refractivity contribution in [2.45, 2.75) is 58.0 Å². The summed E-state index contributed by atoms with van der Waals surface area (Å²) < 4.78 is 5.56. The van der Waals surface area contributed by atoms with Gasteiger partial charge in [-0.2, -0.15) is 0 Å². The molecule has 8 nitrogen and oxygen atoms in total. The molecule has 2 aromatic heterocycles. The molecule has 2 atom stereocenters. The lowest BCUT2D eigenvalue weighted by Crippen LogP contribution is -2.39. The molecule has 2 unspecified atom stereocenters. The highest BCUT2D eigenvalue weighted by Crippen LogP contribution is 2.35. The van der Waals surface area contributed by atoms with E-state index >= 15 is 0 Å². The van der Waals surface area contributed by atoms with Gasteiger partial charge in [0.05, 0.1) is 12.2 Å². The van der Waals surface area contributed by atoms with Gasteiger partial charge < -0.3 is 20.0 Å². The number of nitrogens with one attached hydrogen (secondary N) is 2. The second-order valence-corrected chi connectivity index (χ2v) is 11.4. The van der Waals surface area contributed by atoms with Gasteiger partial charge in [0, 0.05) is 40.4 Å². The molecule has 1 aliphatic rings. The van der Waals surface area contributed by atoms with Crippen LogP contribution in [0.3, 0.4) is 0 Å². The van der Waals surface area contributed by atoms with Gasteiger partial charge in [-0.1, -0.05) is 37.3 Å². The van der Waals surface area contributed by atoms with Crippen LogP contribution in [0.25, 0.3) is 11.5 Å². The minimum Gasteiger partial charge on any atom is -0.445 e. The number of aryl methyl sites for hydroxylation is 1. The number of carbonyl (C=O) groups excluding carboxylic acids is 2. The van der Waals surface area contributed by atoms with E-state index < -0.39 is 0 Å². The Morgan fingerprint density at radius 3 is 2.71 bits per heavy atom. The maximum atomic E-state index is 13.9. The molecule has 2 amide bonds. The highest BCUT2D eigenvalue weighted by atomic mass is 32.1. The fourth-order valence-corrected chi connectivity index (χ4v) is 6.24. The van der Waals surface area contributed by atoms with Crippen LogP contribution in [-0.2, 0) is 6.42 Å². The van der Waals surface area contributed by atoms with Crippen LogP contribution in [0.15, 0.2) is 70.8 Å². The summed E-state index contributed by atoms with van der Waals surface area (Å²) in [6.07, 6.45) is 7.39. The van der Waals surface area contributed by atoms with Gasteiger partial charge >= 0.3 is 0 Å². The van der Waals surface area contributed by atoms with Crippen LogP contribution in [0, 0.1) is 6.92 Å². The Morgan fingerprint density at radius 1 is 1.15 bits per heavy atom. The summed E-state index contributed by atoms with van der Waals surface area (Å²) in [6.45, 7) is 6.50. The number of oxazole rings is 1. The van der Waals surface area contributed by atoms with E-state index in [1.165, 1.54) is 6.26 Å². The maximum absolute atomic E-state index is 13.9. The topological polar surface area (TPSA) is 100 Å². The summed E-state index contributed by atoms with van der Waals surface area (Å²) in [5.41, 5.74) is 3.56. The molecule has 0 spiro atoms.